The molecule has 0 bridgehead atoms. The van der Waals surface area contributed by atoms with Gasteiger partial charge in [0.1, 0.15) is 0 Å². The normalized spacial score (nSPS) is 7.71. The van der Waals surface area contributed by atoms with E-state index in [9.17, 15) is 9.18 Å². The molecule has 40 valence electrons. The van der Waals surface area contributed by atoms with Crippen LogP contribution >= 0.6 is 0 Å². The van der Waals surface area contributed by atoms with Gasteiger partial charge >= 0.3 is 0 Å². The van der Waals surface area contributed by atoms with Crippen LogP contribution in [0.25, 0.3) is 0 Å². The summed E-state index contributed by atoms with van der Waals surface area (Å²) in [6, 6.07) is 0. The van der Waals surface area contributed by atoms with Crippen molar-refractivity contribution in [3.05, 3.63) is 12.4 Å². The smallest absolute Gasteiger partial charge is 0.288 e. The van der Waals surface area contributed by atoms with Crippen LogP contribution in [0.3, 0.4) is 0 Å². The molecule has 0 aliphatic carbocycles. The Balaban J connectivity index is 3.58. The number of hydrazine groups is 1. The minimum atomic E-state index is -1.08. The molecular formula is C3H5FN2O. The molecule has 0 rings (SSSR count). The Kier molecular flexibility index (Phi) is 2.01. The van der Waals surface area contributed by atoms with Crippen molar-refractivity contribution >= 4 is 5.91 Å². The summed E-state index contributed by atoms with van der Waals surface area (Å²) in [5, 5.41) is 0. The first-order chi connectivity index (χ1) is 3.18. The standard InChI is InChI=1S/C3H5FN2O/c1-2(4)3(7)6-5/h1,5H2,(H,6,7). The molecule has 0 saturated carbocycles. The van der Waals surface area contributed by atoms with Crippen LogP contribution in [0.4, 0.5) is 4.39 Å². The van der Waals surface area contributed by atoms with Gasteiger partial charge in [-0.25, -0.2) is 10.2 Å². The van der Waals surface area contributed by atoms with E-state index in [1.165, 1.54) is 0 Å². The van der Waals surface area contributed by atoms with Crippen molar-refractivity contribution in [2.75, 3.05) is 0 Å². The first-order valence-electron chi connectivity index (χ1n) is 1.54. The molecule has 0 unspecified atom stereocenters. The van der Waals surface area contributed by atoms with Gasteiger partial charge in [0.2, 0.25) is 0 Å². The van der Waals surface area contributed by atoms with Crippen LogP contribution in [-0.4, -0.2) is 5.91 Å². The Bertz CT molecular complexity index is 101. The van der Waals surface area contributed by atoms with Gasteiger partial charge in [-0.15, -0.1) is 0 Å². The van der Waals surface area contributed by atoms with E-state index < -0.39 is 11.7 Å². The van der Waals surface area contributed by atoms with Gasteiger partial charge in [0.05, 0.1) is 0 Å². The summed E-state index contributed by atoms with van der Waals surface area (Å²) in [4.78, 5) is 9.80. The second-order valence-corrected chi connectivity index (χ2v) is 0.878. The van der Waals surface area contributed by atoms with Gasteiger partial charge in [-0.3, -0.25) is 10.2 Å². The SMILES string of the molecule is C=C(F)C(=O)NN. The lowest BCUT2D eigenvalue weighted by atomic mass is 10.6. The van der Waals surface area contributed by atoms with Crippen molar-refractivity contribution < 1.29 is 9.18 Å². The molecule has 1 amide bonds. The van der Waals surface area contributed by atoms with Crippen molar-refractivity contribution in [1.82, 2.24) is 5.43 Å². The maximum atomic E-state index is 11.4. The van der Waals surface area contributed by atoms with Crippen LogP contribution in [0.1, 0.15) is 0 Å². The third-order valence-corrected chi connectivity index (χ3v) is 0.377. The summed E-state index contributed by atoms with van der Waals surface area (Å²) < 4.78 is 11.4. The number of carbonyl (C=O) groups excluding carboxylic acids is 1. The highest BCUT2D eigenvalue weighted by Gasteiger charge is 1.98. The summed E-state index contributed by atoms with van der Waals surface area (Å²) in [5.41, 5.74) is 1.55. The first kappa shape index (κ1) is 6.10. The lowest BCUT2D eigenvalue weighted by Crippen LogP contribution is -2.29. The second kappa shape index (κ2) is 2.30. The van der Waals surface area contributed by atoms with Crippen molar-refractivity contribution in [3.63, 3.8) is 0 Å². The Labute approximate surface area is 40.0 Å². The highest BCUT2D eigenvalue weighted by Crippen LogP contribution is 1.85. The molecule has 0 aromatic rings. The molecule has 0 saturated heterocycles. The fourth-order valence-electron chi connectivity index (χ4n) is 0.0783. The minimum absolute atomic E-state index is 0.986. The highest BCUT2D eigenvalue weighted by atomic mass is 19.1. The molecule has 3 N–H and O–H groups in total. The fraction of sp³-hybridized carbons (Fsp3) is 0. The lowest BCUT2D eigenvalue weighted by Gasteiger charge is -1.88. The van der Waals surface area contributed by atoms with Crippen molar-refractivity contribution in [3.8, 4) is 0 Å². The van der Waals surface area contributed by atoms with Crippen molar-refractivity contribution in [2.45, 2.75) is 0 Å². The van der Waals surface area contributed by atoms with Crippen LogP contribution in [0, 0.1) is 0 Å². The molecule has 4 heteroatoms. The topological polar surface area (TPSA) is 55.1 Å². The summed E-state index contributed by atoms with van der Waals surface area (Å²) in [6.07, 6.45) is 0. The molecule has 0 spiro atoms. The number of nitrogens with one attached hydrogen (secondary N) is 1. The van der Waals surface area contributed by atoms with Gasteiger partial charge in [0, 0.05) is 0 Å². The fourth-order valence-corrected chi connectivity index (χ4v) is 0.0783. The first-order valence-corrected chi connectivity index (χ1v) is 1.54. The Morgan fingerprint density at radius 1 is 1.86 bits per heavy atom. The number of halogens is 1. The minimum Gasteiger partial charge on any atom is -0.288 e. The number of hydrogen-bond acceptors (Lipinski definition) is 2. The zero-order valence-electron chi connectivity index (χ0n) is 3.57. The third-order valence-electron chi connectivity index (χ3n) is 0.377. The molecule has 0 atom stereocenters. The zero-order valence-corrected chi connectivity index (χ0v) is 3.57. The van der Waals surface area contributed by atoms with E-state index in [2.05, 4.69) is 12.4 Å². The van der Waals surface area contributed by atoms with E-state index in [1.807, 2.05) is 0 Å². The lowest BCUT2D eigenvalue weighted by molar-refractivity contribution is -0.118. The maximum Gasteiger partial charge on any atom is 0.293 e. The van der Waals surface area contributed by atoms with E-state index in [4.69, 9.17) is 0 Å². The van der Waals surface area contributed by atoms with E-state index in [0.29, 0.717) is 0 Å². The average molecular weight is 104 g/mol. The number of nitrogens with two attached hydrogens (primary N) is 1. The Morgan fingerprint density at radius 2 is 2.29 bits per heavy atom. The molecule has 0 fully saturated rings. The molecular weight excluding hydrogens is 99.0 g/mol. The molecule has 0 heterocycles. The number of hydrogen-bond donors (Lipinski definition) is 2. The molecule has 0 aromatic heterocycles. The van der Waals surface area contributed by atoms with Crippen LogP contribution in [0.5, 0.6) is 0 Å². The molecule has 0 aliphatic rings. The van der Waals surface area contributed by atoms with Crippen molar-refractivity contribution in [2.24, 2.45) is 5.84 Å². The summed E-state index contributed by atoms with van der Waals surface area (Å²) in [5.74, 6) is 2.41. The van der Waals surface area contributed by atoms with Crippen LogP contribution in [-0.2, 0) is 4.79 Å². The summed E-state index contributed by atoms with van der Waals surface area (Å²) in [6.45, 7) is 2.67. The highest BCUT2D eigenvalue weighted by molar-refractivity contribution is 5.89. The van der Waals surface area contributed by atoms with E-state index in [1.54, 1.807) is 5.43 Å². The number of amides is 1. The zero-order chi connectivity index (χ0) is 5.86. The quantitative estimate of drug-likeness (QED) is 0.203. The largest absolute Gasteiger partial charge is 0.293 e. The van der Waals surface area contributed by atoms with E-state index in [0.717, 1.165) is 0 Å². The van der Waals surface area contributed by atoms with Gasteiger partial charge in [-0.05, 0) is 0 Å². The monoisotopic (exact) mass is 104 g/mol. The molecule has 0 aromatic carbocycles. The van der Waals surface area contributed by atoms with Gasteiger partial charge in [-0.2, -0.15) is 0 Å². The van der Waals surface area contributed by atoms with Gasteiger partial charge < -0.3 is 0 Å². The molecule has 0 radical (unpaired) electrons. The molecule has 7 heavy (non-hydrogen) atoms. The third kappa shape index (κ3) is 1.88. The molecule has 0 aliphatic heterocycles. The maximum absolute atomic E-state index is 11.4. The van der Waals surface area contributed by atoms with Crippen LogP contribution in [0.2, 0.25) is 0 Å². The van der Waals surface area contributed by atoms with Crippen LogP contribution < -0.4 is 11.3 Å². The predicted octanol–water partition coefficient (Wildman–Crippen LogP) is -0.541. The Morgan fingerprint density at radius 3 is 2.29 bits per heavy atom. The van der Waals surface area contributed by atoms with E-state index in [-0.39, 0.29) is 0 Å². The van der Waals surface area contributed by atoms with Gasteiger partial charge in [0.15, 0.2) is 5.83 Å². The average Bonchev–Trinajstić information content (AvgIpc) is 1.65. The number of rotatable bonds is 1. The molecule has 3 nitrogen and oxygen atoms in total. The predicted molar refractivity (Wildman–Crippen MR) is 22.6 cm³/mol. The second-order valence-electron chi connectivity index (χ2n) is 0.878. The van der Waals surface area contributed by atoms with Crippen molar-refractivity contribution in [1.29, 1.82) is 0 Å². The van der Waals surface area contributed by atoms with Crippen LogP contribution in [0.15, 0.2) is 12.4 Å². The van der Waals surface area contributed by atoms with E-state index >= 15 is 0 Å². The van der Waals surface area contributed by atoms with Gasteiger partial charge in [0.25, 0.3) is 5.91 Å². The Hall–Kier alpha value is -0.900. The van der Waals surface area contributed by atoms with Gasteiger partial charge in [-0.1, -0.05) is 6.58 Å². The summed E-state index contributed by atoms with van der Waals surface area (Å²) >= 11 is 0. The number of carbonyl (C=O) groups is 1. The summed E-state index contributed by atoms with van der Waals surface area (Å²) in [7, 11) is 0.